The third kappa shape index (κ3) is 5.85. The summed E-state index contributed by atoms with van der Waals surface area (Å²) in [4.78, 5) is 32.8. The molecule has 1 amide bonds. The van der Waals surface area contributed by atoms with Crippen LogP contribution >= 0.6 is 0 Å². The minimum Gasteiger partial charge on any atom is -0.481 e. The Hall–Kier alpha value is -2.11. The summed E-state index contributed by atoms with van der Waals surface area (Å²) in [5, 5.41) is 11.2. The topological polar surface area (TPSA) is 96.6 Å². The Bertz CT molecular complexity index is 474. The second-order valence-corrected chi connectivity index (χ2v) is 4.43. The molecular formula is C13H17NO5. The van der Waals surface area contributed by atoms with Crippen LogP contribution in [0.15, 0.2) is 27.6 Å². The number of hydrogen-bond acceptors (Lipinski definition) is 4. The molecule has 1 atom stereocenters. The minimum absolute atomic E-state index is 0.138. The number of carboxylic acid groups (broad SMARTS) is 1. The lowest BCUT2D eigenvalue weighted by Crippen LogP contribution is -2.26. The predicted molar refractivity (Wildman–Crippen MR) is 68.0 cm³/mol. The normalized spacial score (nSPS) is 11.8. The first-order valence-electron chi connectivity index (χ1n) is 6.08. The van der Waals surface area contributed by atoms with E-state index in [9.17, 15) is 14.4 Å². The fraction of sp³-hybridized carbons (Fsp3) is 0.462. The van der Waals surface area contributed by atoms with E-state index in [-0.39, 0.29) is 23.8 Å². The van der Waals surface area contributed by atoms with Crippen molar-refractivity contribution in [3.63, 3.8) is 0 Å². The van der Waals surface area contributed by atoms with E-state index in [1.54, 1.807) is 0 Å². The second kappa shape index (κ2) is 7.35. The fourth-order valence-electron chi connectivity index (χ4n) is 1.54. The molecule has 0 radical (unpaired) electrons. The molecule has 6 heteroatoms. The van der Waals surface area contributed by atoms with E-state index < -0.39 is 11.6 Å². The van der Waals surface area contributed by atoms with Gasteiger partial charge < -0.3 is 14.8 Å². The first-order valence-corrected chi connectivity index (χ1v) is 6.08. The van der Waals surface area contributed by atoms with Crippen LogP contribution in [-0.2, 0) is 4.79 Å². The van der Waals surface area contributed by atoms with Gasteiger partial charge in [0, 0.05) is 19.0 Å². The number of amides is 1. The van der Waals surface area contributed by atoms with Crippen LogP contribution in [0.25, 0.3) is 0 Å². The van der Waals surface area contributed by atoms with Crippen molar-refractivity contribution in [2.45, 2.75) is 26.2 Å². The summed E-state index contributed by atoms with van der Waals surface area (Å²) in [5.41, 5.74) is -0.211. The molecule has 1 aromatic heterocycles. The maximum atomic E-state index is 11.6. The molecule has 1 unspecified atom stereocenters. The summed E-state index contributed by atoms with van der Waals surface area (Å²) in [6.45, 7) is 2.40. The van der Waals surface area contributed by atoms with Crippen LogP contribution in [0, 0.1) is 5.92 Å². The van der Waals surface area contributed by atoms with E-state index in [1.165, 1.54) is 12.1 Å². The molecule has 0 aliphatic rings. The smallest absolute Gasteiger partial charge is 0.335 e. The van der Waals surface area contributed by atoms with Gasteiger partial charge in [0.1, 0.15) is 6.26 Å². The van der Waals surface area contributed by atoms with Gasteiger partial charge in [-0.2, -0.15) is 0 Å². The molecule has 0 spiro atoms. The SMILES string of the molecule is CC(CCNC(=O)c1ccc(=O)oc1)CCC(=O)O. The Balaban J connectivity index is 2.29. The van der Waals surface area contributed by atoms with Gasteiger partial charge in [0.2, 0.25) is 0 Å². The molecule has 0 saturated carbocycles. The van der Waals surface area contributed by atoms with Crippen molar-refractivity contribution in [1.29, 1.82) is 0 Å². The molecule has 1 heterocycles. The first-order chi connectivity index (χ1) is 8.99. The van der Waals surface area contributed by atoms with Crippen molar-refractivity contribution in [3.8, 4) is 0 Å². The Morgan fingerprint density at radius 3 is 2.68 bits per heavy atom. The summed E-state index contributed by atoms with van der Waals surface area (Å²) in [7, 11) is 0. The third-order valence-corrected chi connectivity index (χ3v) is 2.74. The Kier molecular flexibility index (Phi) is 5.78. The molecule has 0 aromatic carbocycles. The van der Waals surface area contributed by atoms with Crippen LogP contribution in [0.2, 0.25) is 0 Å². The quantitative estimate of drug-likeness (QED) is 0.775. The molecule has 6 nitrogen and oxygen atoms in total. The predicted octanol–water partition coefficient (Wildman–Crippen LogP) is 1.26. The van der Waals surface area contributed by atoms with E-state index in [1.807, 2.05) is 6.92 Å². The van der Waals surface area contributed by atoms with Crippen molar-refractivity contribution in [2.75, 3.05) is 6.54 Å². The van der Waals surface area contributed by atoms with Crippen molar-refractivity contribution < 1.29 is 19.1 Å². The third-order valence-electron chi connectivity index (χ3n) is 2.74. The molecule has 0 bridgehead atoms. The monoisotopic (exact) mass is 267 g/mol. The standard InChI is InChI=1S/C13H17NO5/c1-9(2-4-11(15)16)6-7-14-13(18)10-3-5-12(17)19-8-10/h3,5,8-9H,2,4,6-7H2,1H3,(H,14,18)(H,15,16). The lowest BCUT2D eigenvalue weighted by atomic mass is 10.0. The summed E-state index contributed by atoms with van der Waals surface area (Å²) in [5.74, 6) is -0.894. The van der Waals surface area contributed by atoms with Crippen LogP contribution in [0.5, 0.6) is 0 Å². The number of aliphatic carboxylic acids is 1. The van der Waals surface area contributed by atoms with Gasteiger partial charge in [-0.1, -0.05) is 6.92 Å². The highest BCUT2D eigenvalue weighted by Gasteiger charge is 2.08. The van der Waals surface area contributed by atoms with Gasteiger partial charge in [-0.3, -0.25) is 9.59 Å². The number of carboxylic acids is 1. The summed E-state index contributed by atoms with van der Waals surface area (Å²) in [6.07, 6.45) is 2.55. The van der Waals surface area contributed by atoms with Crippen LogP contribution in [-0.4, -0.2) is 23.5 Å². The molecule has 104 valence electrons. The van der Waals surface area contributed by atoms with Crippen LogP contribution in [0.4, 0.5) is 0 Å². The summed E-state index contributed by atoms with van der Waals surface area (Å²) >= 11 is 0. The molecular weight excluding hydrogens is 250 g/mol. The average molecular weight is 267 g/mol. The van der Waals surface area contributed by atoms with Gasteiger partial charge in [-0.25, -0.2) is 4.79 Å². The average Bonchev–Trinajstić information content (AvgIpc) is 2.37. The van der Waals surface area contributed by atoms with Gasteiger partial charge in [0.05, 0.1) is 5.56 Å². The van der Waals surface area contributed by atoms with Crippen LogP contribution < -0.4 is 10.9 Å². The summed E-state index contributed by atoms with van der Waals surface area (Å²) < 4.78 is 4.59. The molecule has 1 rings (SSSR count). The maximum Gasteiger partial charge on any atom is 0.335 e. The number of hydrogen-bond donors (Lipinski definition) is 2. The Morgan fingerprint density at radius 1 is 1.37 bits per heavy atom. The highest BCUT2D eigenvalue weighted by atomic mass is 16.4. The zero-order valence-corrected chi connectivity index (χ0v) is 10.7. The number of carbonyl (C=O) groups is 2. The first kappa shape index (κ1) is 14.9. The van der Waals surface area contributed by atoms with Crippen LogP contribution in [0.3, 0.4) is 0 Å². The van der Waals surface area contributed by atoms with Crippen molar-refractivity contribution in [1.82, 2.24) is 5.32 Å². The van der Waals surface area contributed by atoms with Gasteiger partial charge in [0.25, 0.3) is 5.91 Å². The molecule has 1 aromatic rings. The molecule has 0 fully saturated rings. The zero-order chi connectivity index (χ0) is 14.3. The van der Waals surface area contributed by atoms with Crippen LogP contribution in [0.1, 0.15) is 36.5 Å². The Morgan fingerprint density at radius 2 is 2.11 bits per heavy atom. The second-order valence-electron chi connectivity index (χ2n) is 4.43. The highest BCUT2D eigenvalue weighted by Crippen LogP contribution is 2.09. The number of rotatable bonds is 7. The number of nitrogens with one attached hydrogen (secondary N) is 1. The van der Waals surface area contributed by atoms with Crippen molar-refractivity contribution >= 4 is 11.9 Å². The van der Waals surface area contributed by atoms with E-state index >= 15 is 0 Å². The zero-order valence-electron chi connectivity index (χ0n) is 10.7. The van der Waals surface area contributed by atoms with Gasteiger partial charge in [-0.05, 0) is 24.8 Å². The largest absolute Gasteiger partial charge is 0.481 e. The van der Waals surface area contributed by atoms with E-state index in [4.69, 9.17) is 5.11 Å². The van der Waals surface area contributed by atoms with E-state index in [2.05, 4.69) is 9.73 Å². The molecule has 19 heavy (non-hydrogen) atoms. The fourth-order valence-corrected chi connectivity index (χ4v) is 1.54. The lowest BCUT2D eigenvalue weighted by Gasteiger charge is -2.10. The molecule has 2 N–H and O–H groups in total. The van der Waals surface area contributed by atoms with E-state index in [0.29, 0.717) is 19.4 Å². The summed E-state index contributed by atoms with van der Waals surface area (Å²) in [6, 6.07) is 2.58. The Labute approximate surface area is 110 Å². The lowest BCUT2D eigenvalue weighted by molar-refractivity contribution is -0.137. The van der Waals surface area contributed by atoms with Gasteiger partial charge >= 0.3 is 11.6 Å². The minimum atomic E-state index is -0.810. The maximum absolute atomic E-state index is 11.6. The highest BCUT2D eigenvalue weighted by molar-refractivity contribution is 5.93. The van der Waals surface area contributed by atoms with E-state index in [0.717, 1.165) is 6.26 Å². The molecule has 0 aliphatic carbocycles. The van der Waals surface area contributed by atoms with Crippen molar-refractivity contribution in [3.05, 3.63) is 34.4 Å². The van der Waals surface area contributed by atoms with Crippen molar-refractivity contribution in [2.24, 2.45) is 5.92 Å². The van der Waals surface area contributed by atoms with Gasteiger partial charge in [-0.15, -0.1) is 0 Å². The molecule has 0 saturated heterocycles. The van der Waals surface area contributed by atoms with Gasteiger partial charge in [0.15, 0.2) is 0 Å². The molecule has 0 aliphatic heterocycles. The number of carbonyl (C=O) groups excluding carboxylic acids is 1.